The molecule has 0 saturated carbocycles. The van der Waals surface area contributed by atoms with Crippen molar-refractivity contribution in [1.29, 1.82) is 0 Å². The Morgan fingerprint density at radius 1 is 1.28 bits per heavy atom. The summed E-state index contributed by atoms with van der Waals surface area (Å²) < 4.78 is 40.8. The van der Waals surface area contributed by atoms with Gasteiger partial charge in [-0.3, -0.25) is 0 Å². The molecule has 1 aromatic carbocycles. The molecule has 0 atom stereocenters. The van der Waals surface area contributed by atoms with E-state index in [2.05, 4.69) is 0 Å². The molecule has 1 rings (SSSR count). The summed E-state index contributed by atoms with van der Waals surface area (Å²) >= 11 is 0. The zero-order chi connectivity index (χ0) is 13.6. The van der Waals surface area contributed by atoms with Crippen LogP contribution in [-0.4, -0.2) is 18.8 Å². The summed E-state index contributed by atoms with van der Waals surface area (Å²) in [6.45, 7) is 1.29. The number of alkyl halides is 3. The monoisotopic (exact) mass is 258 g/mol. The highest BCUT2D eigenvalue weighted by molar-refractivity contribution is 5.89. The van der Waals surface area contributed by atoms with E-state index in [1.807, 2.05) is 0 Å². The largest absolute Gasteiger partial charge is 0.462 e. The Bertz CT molecular complexity index is 422. The van der Waals surface area contributed by atoms with Gasteiger partial charge in [-0.15, -0.1) is 0 Å². The SMILES string of the molecule is C/C(=C\C(F)(F)F)CCOC(=O)c1ccccc1. The number of rotatable bonds is 4. The zero-order valence-electron chi connectivity index (χ0n) is 9.83. The van der Waals surface area contributed by atoms with E-state index in [0.717, 1.165) is 0 Å². The van der Waals surface area contributed by atoms with Crippen molar-refractivity contribution >= 4 is 5.97 Å². The number of hydrogen-bond acceptors (Lipinski definition) is 2. The van der Waals surface area contributed by atoms with Gasteiger partial charge in [0.05, 0.1) is 12.2 Å². The lowest BCUT2D eigenvalue weighted by Gasteiger charge is -2.06. The first-order valence-corrected chi connectivity index (χ1v) is 5.36. The summed E-state index contributed by atoms with van der Waals surface area (Å²) in [7, 11) is 0. The predicted molar refractivity (Wildman–Crippen MR) is 61.2 cm³/mol. The maximum Gasteiger partial charge on any atom is 0.409 e. The van der Waals surface area contributed by atoms with E-state index in [0.29, 0.717) is 5.56 Å². The third-order valence-corrected chi connectivity index (χ3v) is 2.15. The molecular formula is C13H13F3O2. The van der Waals surface area contributed by atoms with Crippen molar-refractivity contribution in [3.05, 3.63) is 47.5 Å². The van der Waals surface area contributed by atoms with Gasteiger partial charge in [0.2, 0.25) is 0 Å². The second-order valence-corrected chi connectivity index (χ2v) is 3.78. The Morgan fingerprint density at radius 2 is 1.89 bits per heavy atom. The molecule has 0 radical (unpaired) electrons. The molecule has 0 fully saturated rings. The van der Waals surface area contributed by atoms with Gasteiger partial charge in [-0.1, -0.05) is 23.8 Å². The van der Waals surface area contributed by atoms with Crippen LogP contribution in [0.3, 0.4) is 0 Å². The summed E-state index contributed by atoms with van der Waals surface area (Å²) in [6.07, 6.45) is -4.05. The van der Waals surface area contributed by atoms with E-state index in [1.54, 1.807) is 30.3 Å². The van der Waals surface area contributed by atoms with Crippen LogP contribution in [0.15, 0.2) is 42.0 Å². The minimum Gasteiger partial charge on any atom is -0.462 e. The van der Waals surface area contributed by atoms with Gasteiger partial charge in [0.15, 0.2) is 0 Å². The highest BCUT2D eigenvalue weighted by atomic mass is 19.4. The summed E-state index contributed by atoms with van der Waals surface area (Å²) in [5, 5.41) is 0. The molecule has 5 heteroatoms. The number of benzene rings is 1. The first-order chi connectivity index (χ1) is 8.38. The number of hydrogen-bond donors (Lipinski definition) is 0. The van der Waals surface area contributed by atoms with Crippen molar-refractivity contribution in [2.45, 2.75) is 19.5 Å². The van der Waals surface area contributed by atoms with Crippen LogP contribution in [0.1, 0.15) is 23.7 Å². The maximum absolute atomic E-state index is 12.0. The molecule has 0 bridgehead atoms. The van der Waals surface area contributed by atoms with Gasteiger partial charge in [0, 0.05) is 12.5 Å². The normalized spacial score (nSPS) is 12.3. The lowest BCUT2D eigenvalue weighted by molar-refractivity contribution is -0.0806. The molecule has 18 heavy (non-hydrogen) atoms. The van der Waals surface area contributed by atoms with E-state index in [9.17, 15) is 18.0 Å². The van der Waals surface area contributed by atoms with Crippen LogP contribution < -0.4 is 0 Å². The molecule has 0 amide bonds. The number of ether oxygens (including phenoxy) is 1. The summed E-state index contributed by atoms with van der Waals surface area (Å²) in [5.41, 5.74) is 0.512. The van der Waals surface area contributed by atoms with Crippen LogP contribution in [0.25, 0.3) is 0 Å². The molecular weight excluding hydrogens is 245 g/mol. The third kappa shape index (κ3) is 5.52. The van der Waals surface area contributed by atoms with Crippen LogP contribution in [0.5, 0.6) is 0 Å². The van der Waals surface area contributed by atoms with E-state index >= 15 is 0 Å². The zero-order valence-corrected chi connectivity index (χ0v) is 9.83. The molecule has 0 unspecified atom stereocenters. The van der Waals surface area contributed by atoms with Crippen LogP contribution in [0.4, 0.5) is 13.2 Å². The second-order valence-electron chi connectivity index (χ2n) is 3.78. The third-order valence-electron chi connectivity index (χ3n) is 2.15. The van der Waals surface area contributed by atoms with E-state index < -0.39 is 12.1 Å². The Morgan fingerprint density at radius 3 is 2.44 bits per heavy atom. The van der Waals surface area contributed by atoms with Crippen molar-refractivity contribution in [3.63, 3.8) is 0 Å². The fraction of sp³-hybridized carbons (Fsp3) is 0.308. The van der Waals surface area contributed by atoms with E-state index in [-0.39, 0.29) is 24.7 Å². The van der Waals surface area contributed by atoms with Crippen LogP contribution >= 0.6 is 0 Å². The Balaban J connectivity index is 2.39. The number of halogens is 3. The fourth-order valence-corrected chi connectivity index (χ4v) is 1.31. The average molecular weight is 258 g/mol. The van der Waals surface area contributed by atoms with Crippen LogP contribution in [0.2, 0.25) is 0 Å². The Labute approximate surface area is 103 Å². The highest BCUT2D eigenvalue weighted by Crippen LogP contribution is 2.19. The Hall–Kier alpha value is -1.78. The molecule has 0 aliphatic carbocycles. The average Bonchev–Trinajstić information content (AvgIpc) is 2.27. The second kappa shape index (κ2) is 6.23. The van der Waals surface area contributed by atoms with Crippen LogP contribution in [0, 0.1) is 0 Å². The number of esters is 1. The maximum atomic E-state index is 12.0. The van der Waals surface area contributed by atoms with Gasteiger partial charge in [0.25, 0.3) is 0 Å². The number of allylic oxidation sites excluding steroid dienone is 1. The van der Waals surface area contributed by atoms with Gasteiger partial charge < -0.3 is 4.74 Å². The van der Waals surface area contributed by atoms with E-state index in [1.165, 1.54) is 6.92 Å². The molecule has 98 valence electrons. The van der Waals surface area contributed by atoms with Crippen molar-refractivity contribution in [3.8, 4) is 0 Å². The highest BCUT2D eigenvalue weighted by Gasteiger charge is 2.23. The fourth-order valence-electron chi connectivity index (χ4n) is 1.31. The molecule has 0 N–H and O–H groups in total. The summed E-state index contributed by atoms with van der Waals surface area (Å²) in [6, 6.07) is 8.30. The quantitative estimate of drug-likeness (QED) is 0.607. The van der Waals surface area contributed by atoms with Crippen molar-refractivity contribution in [2.24, 2.45) is 0 Å². The van der Waals surface area contributed by atoms with Gasteiger partial charge in [-0.05, 0) is 19.1 Å². The molecule has 0 heterocycles. The van der Waals surface area contributed by atoms with Gasteiger partial charge in [0.1, 0.15) is 0 Å². The minimum atomic E-state index is -4.33. The van der Waals surface area contributed by atoms with Crippen molar-refractivity contribution in [2.75, 3.05) is 6.61 Å². The molecule has 0 aliphatic heterocycles. The lowest BCUT2D eigenvalue weighted by atomic mass is 10.2. The lowest BCUT2D eigenvalue weighted by Crippen LogP contribution is -2.08. The molecule has 1 aromatic rings. The van der Waals surface area contributed by atoms with E-state index in [4.69, 9.17) is 4.74 Å². The first-order valence-electron chi connectivity index (χ1n) is 5.36. The predicted octanol–water partition coefficient (Wildman–Crippen LogP) is 3.74. The molecule has 0 spiro atoms. The summed E-state index contributed by atoms with van der Waals surface area (Å²) in [4.78, 5) is 11.4. The summed E-state index contributed by atoms with van der Waals surface area (Å²) in [5.74, 6) is -0.532. The molecule has 0 saturated heterocycles. The van der Waals surface area contributed by atoms with Gasteiger partial charge in [-0.2, -0.15) is 13.2 Å². The van der Waals surface area contributed by atoms with Crippen molar-refractivity contribution < 1.29 is 22.7 Å². The standard InChI is InChI=1S/C13H13F3O2/c1-10(9-13(14,15)16)7-8-18-12(17)11-5-3-2-4-6-11/h2-6,9H,7-8H2,1H3/b10-9+. The number of carbonyl (C=O) groups excluding carboxylic acids is 1. The van der Waals surface area contributed by atoms with Crippen molar-refractivity contribution in [1.82, 2.24) is 0 Å². The van der Waals surface area contributed by atoms with Gasteiger partial charge >= 0.3 is 12.1 Å². The minimum absolute atomic E-state index is 0.0634. The van der Waals surface area contributed by atoms with Crippen LogP contribution in [-0.2, 0) is 4.74 Å². The molecule has 0 aliphatic rings. The first kappa shape index (κ1) is 14.3. The molecule has 0 aromatic heterocycles. The molecule has 2 nitrogen and oxygen atoms in total. The topological polar surface area (TPSA) is 26.3 Å². The smallest absolute Gasteiger partial charge is 0.409 e. The number of carbonyl (C=O) groups is 1. The van der Waals surface area contributed by atoms with Gasteiger partial charge in [-0.25, -0.2) is 4.79 Å². The Kier molecular flexibility index (Phi) is 4.95.